The van der Waals surface area contributed by atoms with Crippen LogP contribution < -0.4 is 5.32 Å². The number of para-hydroxylation sites is 2. The number of nitrogens with one attached hydrogen (secondary N) is 1. The zero-order chi connectivity index (χ0) is 12.5. The Morgan fingerprint density at radius 2 is 2.06 bits per heavy atom. The molecule has 3 rings (SSSR count). The highest BCUT2D eigenvalue weighted by atomic mass is 32.1. The van der Waals surface area contributed by atoms with Crippen molar-refractivity contribution in [1.29, 1.82) is 0 Å². The van der Waals surface area contributed by atoms with Crippen LogP contribution in [0.25, 0.3) is 11.0 Å². The van der Waals surface area contributed by atoms with E-state index in [-0.39, 0.29) is 0 Å². The molecule has 0 aliphatic heterocycles. The molecular weight excluding hydrogens is 242 g/mol. The predicted octanol–water partition coefficient (Wildman–Crippen LogP) is 3.56. The van der Waals surface area contributed by atoms with Crippen molar-refractivity contribution in [1.82, 2.24) is 9.55 Å². The van der Waals surface area contributed by atoms with Crippen LogP contribution in [-0.2, 0) is 13.6 Å². The van der Waals surface area contributed by atoms with Crippen LogP contribution in [0.3, 0.4) is 0 Å². The highest BCUT2D eigenvalue weighted by Gasteiger charge is 2.06. The van der Waals surface area contributed by atoms with Crippen LogP contribution >= 0.6 is 11.3 Å². The van der Waals surface area contributed by atoms with Crippen molar-refractivity contribution in [3.63, 3.8) is 0 Å². The fourth-order valence-electron chi connectivity index (χ4n) is 2.05. The van der Waals surface area contributed by atoms with Gasteiger partial charge in [0, 0.05) is 16.8 Å². The Bertz CT molecular complexity index is 681. The Labute approximate surface area is 110 Å². The zero-order valence-corrected chi connectivity index (χ0v) is 11.3. The summed E-state index contributed by atoms with van der Waals surface area (Å²) in [6.07, 6.45) is 0. The quantitative estimate of drug-likeness (QED) is 0.777. The maximum Gasteiger partial charge on any atom is 0.203 e. The molecule has 0 unspecified atom stereocenters. The van der Waals surface area contributed by atoms with E-state index in [4.69, 9.17) is 0 Å². The lowest BCUT2D eigenvalue weighted by Crippen LogP contribution is -2.03. The molecule has 1 N–H and O–H groups in total. The highest BCUT2D eigenvalue weighted by Crippen LogP contribution is 2.20. The van der Waals surface area contributed by atoms with Crippen LogP contribution in [0.15, 0.2) is 36.4 Å². The van der Waals surface area contributed by atoms with Crippen molar-refractivity contribution in [2.24, 2.45) is 7.05 Å². The third kappa shape index (κ3) is 1.99. The minimum atomic E-state index is 0.829. The normalized spacial score (nSPS) is 11.0. The summed E-state index contributed by atoms with van der Waals surface area (Å²) < 4.78 is 2.09. The largest absolute Gasteiger partial charge is 0.351 e. The number of fused-ring (bicyclic) bond motifs is 1. The summed E-state index contributed by atoms with van der Waals surface area (Å²) in [4.78, 5) is 7.27. The lowest BCUT2D eigenvalue weighted by molar-refractivity contribution is 0.931. The summed E-state index contributed by atoms with van der Waals surface area (Å²) in [6, 6.07) is 12.5. The first-order valence-corrected chi connectivity index (χ1v) is 6.76. The summed E-state index contributed by atoms with van der Waals surface area (Å²) >= 11 is 1.82. The fourth-order valence-corrected chi connectivity index (χ4v) is 2.88. The maximum atomic E-state index is 4.59. The van der Waals surface area contributed by atoms with Crippen molar-refractivity contribution in [3.8, 4) is 0 Å². The summed E-state index contributed by atoms with van der Waals surface area (Å²) in [5.41, 5.74) is 2.19. The van der Waals surface area contributed by atoms with Gasteiger partial charge in [0.2, 0.25) is 5.95 Å². The maximum absolute atomic E-state index is 4.59. The Morgan fingerprint density at radius 3 is 2.78 bits per heavy atom. The van der Waals surface area contributed by atoms with E-state index in [0.29, 0.717) is 0 Å². The number of rotatable bonds is 3. The monoisotopic (exact) mass is 257 g/mol. The van der Waals surface area contributed by atoms with Gasteiger partial charge in [-0.05, 0) is 31.2 Å². The zero-order valence-electron chi connectivity index (χ0n) is 10.5. The van der Waals surface area contributed by atoms with Gasteiger partial charge >= 0.3 is 0 Å². The number of aryl methyl sites for hydroxylation is 2. The van der Waals surface area contributed by atoms with Gasteiger partial charge in [-0.15, -0.1) is 11.3 Å². The van der Waals surface area contributed by atoms with E-state index in [1.54, 1.807) is 0 Å². The van der Waals surface area contributed by atoms with E-state index in [0.717, 1.165) is 23.5 Å². The Balaban J connectivity index is 1.84. The lowest BCUT2D eigenvalue weighted by Gasteiger charge is -2.04. The lowest BCUT2D eigenvalue weighted by atomic mass is 10.3. The van der Waals surface area contributed by atoms with E-state index in [9.17, 15) is 0 Å². The first-order valence-electron chi connectivity index (χ1n) is 5.95. The molecule has 1 aromatic carbocycles. The van der Waals surface area contributed by atoms with Crippen molar-refractivity contribution in [2.75, 3.05) is 5.32 Å². The predicted molar refractivity (Wildman–Crippen MR) is 77.1 cm³/mol. The topological polar surface area (TPSA) is 29.9 Å². The van der Waals surface area contributed by atoms with Crippen molar-refractivity contribution in [2.45, 2.75) is 13.5 Å². The molecule has 0 radical (unpaired) electrons. The summed E-state index contributed by atoms with van der Waals surface area (Å²) in [5, 5.41) is 3.39. The van der Waals surface area contributed by atoms with E-state index < -0.39 is 0 Å². The van der Waals surface area contributed by atoms with Crippen LogP contribution in [0.4, 0.5) is 5.95 Å². The fraction of sp³-hybridized carbons (Fsp3) is 0.214. The second-order valence-electron chi connectivity index (χ2n) is 4.35. The summed E-state index contributed by atoms with van der Waals surface area (Å²) in [5.74, 6) is 0.919. The molecule has 92 valence electrons. The van der Waals surface area contributed by atoms with Crippen LogP contribution in [0.5, 0.6) is 0 Å². The molecule has 2 aromatic heterocycles. The standard InChI is InChI=1S/C14H15N3S/c1-10-7-8-11(18-10)9-15-14-16-12-5-3-4-6-13(12)17(14)2/h3-8H,9H2,1-2H3,(H,15,16). The molecule has 0 atom stereocenters. The third-order valence-corrected chi connectivity index (χ3v) is 4.00. The van der Waals surface area contributed by atoms with E-state index in [1.165, 1.54) is 9.75 Å². The minimum absolute atomic E-state index is 0.829. The molecule has 0 fully saturated rings. The molecule has 0 aliphatic carbocycles. The summed E-state index contributed by atoms with van der Waals surface area (Å²) in [6.45, 7) is 2.96. The van der Waals surface area contributed by atoms with E-state index >= 15 is 0 Å². The number of aromatic nitrogens is 2. The SMILES string of the molecule is Cc1ccc(CNc2nc3ccccc3n2C)s1. The van der Waals surface area contributed by atoms with Gasteiger partial charge < -0.3 is 9.88 Å². The Morgan fingerprint density at radius 1 is 1.22 bits per heavy atom. The highest BCUT2D eigenvalue weighted by molar-refractivity contribution is 7.11. The van der Waals surface area contributed by atoms with E-state index in [1.807, 2.05) is 36.6 Å². The van der Waals surface area contributed by atoms with Gasteiger partial charge in [-0.1, -0.05) is 12.1 Å². The van der Waals surface area contributed by atoms with Crippen LogP contribution in [0.2, 0.25) is 0 Å². The molecule has 18 heavy (non-hydrogen) atoms. The molecule has 4 heteroatoms. The number of hydrogen-bond acceptors (Lipinski definition) is 3. The number of anilines is 1. The van der Waals surface area contributed by atoms with Crippen molar-refractivity contribution < 1.29 is 0 Å². The molecular formula is C14H15N3S. The molecule has 0 saturated carbocycles. The number of benzene rings is 1. The Hall–Kier alpha value is -1.81. The average Bonchev–Trinajstić information content (AvgIpc) is 2.92. The molecule has 2 heterocycles. The van der Waals surface area contributed by atoms with Crippen LogP contribution in [0, 0.1) is 6.92 Å². The van der Waals surface area contributed by atoms with Gasteiger partial charge in [0.1, 0.15) is 0 Å². The van der Waals surface area contributed by atoms with Gasteiger partial charge in [-0.2, -0.15) is 0 Å². The smallest absolute Gasteiger partial charge is 0.203 e. The van der Waals surface area contributed by atoms with Gasteiger partial charge in [-0.25, -0.2) is 4.98 Å². The van der Waals surface area contributed by atoms with Crippen LogP contribution in [0.1, 0.15) is 9.75 Å². The number of thiophene rings is 1. The van der Waals surface area contributed by atoms with Gasteiger partial charge in [0.05, 0.1) is 17.6 Å². The molecule has 0 spiro atoms. The third-order valence-electron chi connectivity index (χ3n) is 3.00. The minimum Gasteiger partial charge on any atom is -0.351 e. The van der Waals surface area contributed by atoms with Crippen LogP contribution in [-0.4, -0.2) is 9.55 Å². The van der Waals surface area contributed by atoms with Gasteiger partial charge in [0.25, 0.3) is 0 Å². The second-order valence-corrected chi connectivity index (χ2v) is 5.72. The molecule has 0 aliphatic rings. The second kappa shape index (κ2) is 4.46. The molecule has 0 amide bonds. The van der Waals surface area contributed by atoms with Crippen molar-refractivity contribution in [3.05, 3.63) is 46.2 Å². The van der Waals surface area contributed by atoms with Crippen molar-refractivity contribution >= 4 is 28.3 Å². The van der Waals surface area contributed by atoms with Gasteiger partial charge in [-0.3, -0.25) is 0 Å². The number of nitrogens with zero attached hydrogens (tertiary/aromatic N) is 2. The number of imidazole rings is 1. The number of hydrogen-bond donors (Lipinski definition) is 1. The first-order chi connectivity index (χ1) is 8.74. The van der Waals surface area contributed by atoms with Gasteiger partial charge in [0.15, 0.2) is 0 Å². The first kappa shape index (κ1) is 11.3. The van der Waals surface area contributed by atoms with E-state index in [2.05, 4.69) is 40.0 Å². The Kier molecular flexibility index (Phi) is 2.80. The molecule has 3 nitrogen and oxygen atoms in total. The average molecular weight is 257 g/mol. The summed E-state index contributed by atoms with van der Waals surface area (Å²) in [7, 11) is 2.04. The molecule has 3 aromatic rings. The molecule has 0 saturated heterocycles. The molecule has 0 bridgehead atoms.